The van der Waals surface area contributed by atoms with Gasteiger partial charge in [-0.2, -0.15) is 0 Å². The molecule has 9 heteroatoms. The molecule has 0 bridgehead atoms. The monoisotopic (exact) mass is 513 g/mol. The van der Waals surface area contributed by atoms with Gasteiger partial charge in [-0.05, 0) is 73.9 Å². The number of fused-ring (bicyclic) bond motifs is 1. The molecule has 0 amide bonds. The molecule has 3 atom stereocenters. The van der Waals surface area contributed by atoms with Crippen LogP contribution in [0.25, 0.3) is 0 Å². The first-order chi connectivity index (χ1) is 18.1. The number of likely N-dealkylation sites (tertiary alicyclic amines) is 1. The second-order valence-corrected chi connectivity index (χ2v) is 10.0. The number of pyridine rings is 1. The molecule has 8 nitrogen and oxygen atoms in total. The van der Waals surface area contributed by atoms with Crippen molar-refractivity contribution in [3.05, 3.63) is 58.7 Å². The van der Waals surface area contributed by atoms with E-state index in [2.05, 4.69) is 17.4 Å². The van der Waals surface area contributed by atoms with E-state index in [9.17, 15) is 14.3 Å². The van der Waals surface area contributed by atoms with E-state index in [0.29, 0.717) is 50.6 Å². The summed E-state index contributed by atoms with van der Waals surface area (Å²) >= 11 is 0. The highest BCUT2D eigenvalue weighted by atomic mass is 19.1. The van der Waals surface area contributed by atoms with Crippen LogP contribution in [-0.4, -0.2) is 73.1 Å². The third-order valence-electron chi connectivity index (χ3n) is 7.40. The number of carboxylic acids is 1. The Hall–Kier alpha value is -2.59. The fourth-order valence-corrected chi connectivity index (χ4v) is 5.53. The average Bonchev–Trinajstić information content (AvgIpc) is 3.37. The molecule has 2 aromatic rings. The van der Waals surface area contributed by atoms with Crippen LogP contribution in [0.5, 0.6) is 0 Å². The smallest absolute Gasteiger partial charge is 0.325 e. The summed E-state index contributed by atoms with van der Waals surface area (Å²) in [5, 5.41) is 13.5. The molecule has 200 valence electrons. The second kappa shape index (κ2) is 12.3. The zero-order valence-electron chi connectivity index (χ0n) is 21.2. The summed E-state index contributed by atoms with van der Waals surface area (Å²) in [6.45, 7) is 3.97. The molecule has 0 radical (unpaired) electrons. The molecule has 1 aromatic carbocycles. The zero-order valence-corrected chi connectivity index (χ0v) is 21.2. The normalized spacial score (nSPS) is 22.8. The van der Waals surface area contributed by atoms with E-state index < -0.39 is 23.9 Å². The number of aliphatic carboxylic acids is 1. The number of aryl methyl sites for hydroxylation is 2. The van der Waals surface area contributed by atoms with E-state index in [1.807, 2.05) is 4.90 Å². The molecule has 2 unspecified atom stereocenters. The van der Waals surface area contributed by atoms with Crippen LogP contribution < -0.4 is 5.32 Å². The fraction of sp³-hybridized carbons (Fsp3) is 0.571. The second-order valence-electron chi connectivity index (χ2n) is 10.0. The van der Waals surface area contributed by atoms with Gasteiger partial charge in [-0.15, -0.1) is 0 Å². The number of aromatic nitrogens is 1. The Kier molecular flexibility index (Phi) is 8.66. The highest BCUT2D eigenvalue weighted by Crippen LogP contribution is 2.34. The number of unbranched alkanes of at least 4 members (excludes halogenated alkanes) is 1. The average molecular weight is 514 g/mol. The number of carboxylic acid groups (broad SMARTS) is 1. The highest BCUT2D eigenvalue weighted by molar-refractivity contribution is 5.76. The van der Waals surface area contributed by atoms with Gasteiger partial charge in [0.05, 0.1) is 37.3 Å². The Morgan fingerprint density at radius 2 is 2.19 bits per heavy atom. The van der Waals surface area contributed by atoms with Gasteiger partial charge in [-0.1, -0.05) is 6.07 Å². The SMILES string of the molecule is O=C(O)C(c1cc(F)ccc1C1COCCO1)N1CC[C@@H](OCCCCc2ccc3c(n2)CCCN3)C1. The number of anilines is 1. The van der Waals surface area contributed by atoms with E-state index in [-0.39, 0.29) is 6.10 Å². The zero-order chi connectivity index (χ0) is 25.6. The van der Waals surface area contributed by atoms with Crippen molar-refractivity contribution in [2.45, 2.75) is 56.8 Å². The Labute approximate surface area is 217 Å². The lowest BCUT2D eigenvalue weighted by Gasteiger charge is -2.30. The summed E-state index contributed by atoms with van der Waals surface area (Å²) in [6, 6.07) is 7.57. The minimum absolute atomic E-state index is 0.0407. The molecule has 3 aliphatic rings. The Morgan fingerprint density at radius 1 is 1.27 bits per heavy atom. The predicted molar refractivity (Wildman–Crippen MR) is 136 cm³/mol. The minimum Gasteiger partial charge on any atom is -0.480 e. The van der Waals surface area contributed by atoms with E-state index in [4.69, 9.17) is 19.2 Å². The molecule has 1 aromatic heterocycles. The van der Waals surface area contributed by atoms with Crippen molar-refractivity contribution in [1.82, 2.24) is 9.88 Å². The number of nitrogens with one attached hydrogen (secondary N) is 1. The molecule has 2 N–H and O–H groups in total. The summed E-state index contributed by atoms with van der Waals surface area (Å²) in [4.78, 5) is 19.1. The first-order valence-electron chi connectivity index (χ1n) is 13.4. The number of hydrogen-bond donors (Lipinski definition) is 2. The Balaban J connectivity index is 1.13. The lowest BCUT2D eigenvalue weighted by atomic mass is 9.95. The van der Waals surface area contributed by atoms with Crippen LogP contribution in [0.4, 0.5) is 10.1 Å². The van der Waals surface area contributed by atoms with Crippen molar-refractivity contribution in [2.75, 3.05) is 51.4 Å². The fourth-order valence-electron chi connectivity index (χ4n) is 5.53. The van der Waals surface area contributed by atoms with Crippen LogP contribution in [0.1, 0.15) is 60.3 Å². The first-order valence-corrected chi connectivity index (χ1v) is 13.4. The molecule has 4 heterocycles. The van der Waals surface area contributed by atoms with Crippen LogP contribution in [0.2, 0.25) is 0 Å². The van der Waals surface area contributed by atoms with Gasteiger partial charge in [0.25, 0.3) is 0 Å². The van der Waals surface area contributed by atoms with Gasteiger partial charge < -0.3 is 24.6 Å². The van der Waals surface area contributed by atoms with Gasteiger partial charge in [0.2, 0.25) is 0 Å². The van der Waals surface area contributed by atoms with E-state index >= 15 is 0 Å². The first kappa shape index (κ1) is 26.0. The third-order valence-corrected chi connectivity index (χ3v) is 7.40. The van der Waals surface area contributed by atoms with Crippen molar-refractivity contribution in [3.63, 3.8) is 0 Å². The molecule has 2 fully saturated rings. The van der Waals surface area contributed by atoms with Gasteiger partial charge in [0.1, 0.15) is 18.0 Å². The van der Waals surface area contributed by atoms with Gasteiger partial charge in [-0.3, -0.25) is 14.7 Å². The summed E-state index contributed by atoms with van der Waals surface area (Å²) in [6.07, 6.45) is 5.30. The van der Waals surface area contributed by atoms with Crippen molar-refractivity contribution < 1.29 is 28.5 Å². The molecule has 3 aliphatic heterocycles. The predicted octanol–water partition coefficient (Wildman–Crippen LogP) is 3.91. The Bertz CT molecular complexity index is 1080. The van der Waals surface area contributed by atoms with E-state index in [0.717, 1.165) is 56.5 Å². The van der Waals surface area contributed by atoms with Crippen LogP contribution in [0.3, 0.4) is 0 Å². The van der Waals surface area contributed by atoms with Crippen LogP contribution in [-0.2, 0) is 31.8 Å². The van der Waals surface area contributed by atoms with Gasteiger partial charge in [0.15, 0.2) is 0 Å². The van der Waals surface area contributed by atoms with Crippen LogP contribution in [0.15, 0.2) is 30.3 Å². The highest BCUT2D eigenvalue weighted by Gasteiger charge is 2.37. The van der Waals surface area contributed by atoms with Crippen LogP contribution >= 0.6 is 0 Å². The molecule has 2 saturated heterocycles. The molecule has 0 spiro atoms. The lowest BCUT2D eigenvalue weighted by Crippen LogP contribution is -2.35. The Morgan fingerprint density at radius 3 is 3.03 bits per heavy atom. The maximum atomic E-state index is 14.2. The topological polar surface area (TPSA) is 93.2 Å². The summed E-state index contributed by atoms with van der Waals surface area (Å²) in [7, 11) is 0. The number of benzene rings is 1. The number of carbonyl (C=O) groups is 1. The maximum Gasteiger partial charge on any atom is 0.325 e. The molecular weight excluding hydrogens is 477 g/mol. The molecular formula is C28H36FN3O5. The van der Waals surface area contributed by atoms with Gasteiger partial charge >= 0.3 is 5.97 Å². The number of hydrogen-bond acceptors (Lipinski definition) is 7. The quantitative estimate of drug-likeness (QED) is 0.462. The minimum atomic E-state index is -1.00. The lowest BCUT2D eigenvalue weighted by molar-refractivity contribution is -0.143. The van der Waals surface area contributed by atoms with Crippen LogP contribution in [0, 0.1) is 5.82 Å². The van der Waals surface area contributed by atoms with Crippen molar-refractivity contribution in [1.29, 1.82) is 0 Å². The molecule has 37 heavy (non-hydrogen) atoms. The van der Waals surface area contributed by atoms with Crippen molar-refractivity contribution in [3.8, 4) is 0 Å². The maximum absolute atomic E-state index is 14.2. The molecule has 0 aliphatic carbocycles. The number of halogens is 1. The van der Waals surface area contributed by atoms with Gasteiger partial charge in [0, 0.05) is 31.9 Å². The third kappa shape index (κ3) is 6.46. The number of ether oxygens (including phenoxy) is 3. The molecule has 0 saturated carbocycles. The number of nitrogens with zero attached hydrogens (tertiary/aromatic N) is 2. The number of rotatable bonds is 10. The van der Waals surface area contributed by atoms with Gasteiger partial charge in [-0.25, -0.2) is 4.39 Å². The van der Waals surface area contributed by atoms with Crippen molar-refractivity contribution >= 4 is 11.7 Å². The van der Waals surface area contributed by atoms with E-state index in [1.165, 1.54) is 17.8 Å². The summed E-state index contributed by atoms with van der Waals surface area (Å²) in [5.74, 6) is -1.46. The van der Waals surface area contributed by atoms with E-state index in [1.54, 1.807) is 6.07 Å². The standard InChI is InChI=1S/C28H36FN3O5/c29-19-6-8-22(26-18-35-14-15-37-26)23(16-19)27(28(33)34)32-12-10-21(17-32)36-13-2-1-4-20-7-9-24-25(31-20)5-3-11-30-24/h6-9,16,21,26-27,30H,1-5,10-15,17-18H2,(H,33,34)/t21-,26?,27?/m1/s1. The van der Waals surface area contributed by atoms with Crippen molar-refractivity contribution in [2.24, 2.45) is 0 Å². The summed E-state index contributed by atoms with van der Waals surface area (Å²) in [5.41, 5.74) is 4.55. The molecule has 5 rings (SSSR count). The summed E-state index contributed by atoms with van der Waals surface area (Å²) < 4.78 is 31.7. The largest absolute Gasteiger partial charge is 0.480 e.